The Bertz CT molecular complexity index is 456. The fraction of sp³-hybridized carbons (Fsp3) is 0.550. The summed E-state index contributed by atoms with van der Waals surface area (Å²) < 4.78 is 0. The van der Waals surface area contributed by atoms with E-state index < -0.39 is 8.07 Å². The molecule has 0 nitrogen and oxygen atoms in total. The van der Waals surface area contributed by atoms with Crippen molar-refractivity contribution in [2.75, 3.05) is 0 Å². The summed E-state index contributed by atoms with van der Waals surface area (Å²) >= 11 is 0. The average molecular weight is 415 g/mol. The summed E-state index contributed by atoms with van der Waals surface area (Å²) in [7, 11) is -0.859. The summed E-state index contributed by atoms with van der Waals surface area (Å²) in [4.78, 5) is 0. The minimum absolute atomic E-state index is 0. The molecule has 4 heteroatoms. The van der Waals surface area contributed by atoms with Gasteiger partial charge >= 0.3 is 21.7 Å². The van der Waals surface area contributed by atoms with Gasteiger partial charge in [-0.1, -0.05) is 62.2 Å². The zero-order valence-corrected chi connectivity index (χ0v) is 18.6. The van der Waals surface area contributed by atoms with E-state index in [1.165, 1.54) is 19.3 Å². The monoisotopic (exact) mass is 414 g/mol. The molecule has 1 aliphatic heterocycles. The van der Waals surface area contributed by atoms with Crippen LogP contribution in [0.4, 0.5) is 0 Å². The maximum atomic E-state index is 2.99. The molecular formula is C20H28Cl2SiTi. The molecule has 1 heterocycles. The van der Waals surface area contributed by atoms with E-state index in [2.05, 4.69) is 49.8 Å². The molecule has 4 aliphatic rings. The van der Waals surface area contributed by atoms with Crippen LogP contribution in [0.1, 0.15) is 32.6 Å². The predicted octanol–water partition coefficient (Wildman–Crippen LogP) is -0.103. The van der Waals surface area contributed by atoms with E-state index in [1.807, 2.05) is 12.2 Å². The number of halogens is 2. The van der Waals surface area contributed by atoms with Gasteiger partial charge in [-0.15, -0.1) is 6.42 Å². The van der Waals surface area contributed by atoms with Crippen molar-refractivity contribution in [3.05, 3.63) is 55.0 Å². The molecule has 0 spiro atoms. The third-order valence-electron chi connectivity index (χ3n) is 5.76. The summed E-state index contributed by atoms with van der Waals surface area (Å²) in [5.74, 6) is 1.75. The molecule has 24 heavy (non-hydrogen) atoms. The van der Waals surface area contributed by atoms with Gasteiger partial charge in [-0.05, 0) is 11.8 Å². The van der Waals surface area contributed by atoms with Gasteiger partial charge < -0.3 is 31.2 Å². The van der Waals surface area contributed by atoms with E-state index in [0.29, 0.717) is 0 Å². The zero-order valence-electron chi connectivity index (χ0n) is 14.6. The van der Waals surface area contributed by atoms with E-state index in [0.717, 1.165) is 23.8 Å². The van der Waals surface area contributed by atoms with Gasteiger partial charge in [0, 0.05) is 8.07 Å². The second-order valence-corrected chi connectivity index (χ2v) is 11.9. The minimum Gasteiger partial charge on any atom is -1.00 e. The maximum Gasteiger partial charge on any atom is 4.00 e. The van der Waals surface area contributed by atoms with Gasteiger partial charge in [0.1, 0.15) is 0 Å². The van der Waals surface area contributed by atoms with Gasteiger partial charge in [-0.2, -0.15) is 18.0 Å². The first kappa shape index (κ1) is 24.5. The summed E-state index contributed by atoms with van der Waals surface area (Å²) in [5, 5.41) is 0. The first-order chi connectivity index (χ1) is 10.4. The van der Waals surface area contributed by atoms with E-state index in [1.54, 1.807) is 18.1 Å². The van der Waals surface area contributed by atoms with E-state index >= 15 is 0 Å². The quantitative estimate of drug-likeness (QED) is 0.446. The van der Waals surface area contributed by atoms with Crippen LogP contribution in [0, 0.1) is 24.3 Å². The molecule has 0 aromatic rings. The summed E-state index contributed by atoms with van der Waals surface area (Å²) in [6, 6.07) is 4.85. The fourth-order valence-corrected chi connectivity index (χ4v) is 10.2. The average Bonchev–Trinajstić information content (AvgIpc) is 3.15. The van der Waals surface area contributed by atoms with Crippen molar-refractivity contribution < 1.29 is 46.5 Å². The SMILES string of the molecule is CCC[Si]1(C2[CH-]CC3C=CC=CC32)CCC1.[C-]1=CC=CC1.[Cl-].[Cl-].[Ti+4]. The third-order valence-corrected chi connectivity index (χ3v) is 12.0. The van der Waals surface area contributed by atoms with Crippen molar-refractivity contribution in [3.63, 3.8) is 0 Å². The zero-order chi connectivity index (χ0) is 14.5. The molecule has 1 saturated carbocycles. The third kappa shape index (κ3) is 5.48. The molecule has 0 N–H and O–H groups in total. The van der Waals surface area contributed by atoms with Crippen LogP contribution in [-0.2, 0) is 21.7 Å². The molecule has 0 aromatic heterocycles. The molecule has 3 unspecified atom stereocenters. The smallest absolute Gasteiger partial charge is 1.00 e. The van der Waals surface area contributed by atoms with Crippen LogP contribution in [0.5, 0.6) is 0 Å². The van der Waals surface area contributed by atoms with Crippen LogP contribution in [-0.4, -0.2) is 8.07 Å². The Labute approximate surface area is 177 Å². The van der Waals surface area contributed by atoms with Crippen LogP contribution in [0.3, 0.4) is 0 Å². The van der Waals surface area contributed by atoms with Crippen LogP contribution in [0.25, 0.3) is 0 Å². The normalized spacial score (nSPS) is 30.0. The van der Waals surface area contributed by atoms with E-state index in [-0.39, 0.29) is 46.5 Å². The second kappa shape index (κ2) is 12.0. The molecule has 0 radical (unpaired) electrons. The second-order valence-electron chi connectivity index (χ2n) is 6.98. The van der Waals surface area contributed by atoms with Gasteiger partial charge in [0.05, 0.1) is 0 Å². The number of fused-ring (bicyclic) bond motifs is 1. The van der Waals surface area contributed by atoms with E-state index in [9.17, 15) is 0 Å². The van der Waals surface area contributed by atoms with Gasteiger partial charge in [-0.25, -0.2) is 12.2 Å². The number of allylic oxidation sites excluding steroid dienone is 8. The molecule has 3 atom stereocenters. The first-order valence-corrected chi connectivity index (χ1v) is 11.5. The molecule has 0 amide bonds. The molecule has 4 rings (SSSR count). The summed E-state index contributed by atoms with van der Waals surface area (Å²) in [6.07, 6.45) is 26.5. The topological polar surface area (TPSA) is 0 Å². The van der Waals surface area contributed by atoms with Crippen LogP contribution in [0.15, 0.2) is 42.5 Å². The van der Waals surface area contributed by atoms with Gasteiger partial charge in [0.2, 0.25) is 0 Å². The standard InChI is InChI=1S/C15H23Si.C5H5.2ClH.Ti/c1-2-10-16(11-5-12-16)15-9-8-13-6-3-4-7-14(13)15;1-2-4-5-3-1;;;/h3-4,6-7,9,13-15H,2,5,8,10-12H2,1H3;1-3H,4H2;2*1H;/q2*-1;;;+4/p-2. The van der Waals surface area contributed by atoms with Gasteiger partial charge in [0.15, 0.2) is 0 Å². The molecule has 0 bridgehead atoms. The number of hydrogen-bond acceptors (Lipinski definition) is 0. The summed E-state index contributed by atoms with van der Waals surface area (Å²) in [5.41, 5.74) is 1.02. The van der Waals surface area contributed by atoms with Crippen molar-refractivity contribution in [3.8, 4) is 0 Å². The Kier molecular flexibility index (Phi) is 12.2. The van der Waals surface area contributed by atoms with Gasteiger partial charge in [0.25, 0.3) is 0 Å². The van der Waals surface area contributed by atoms with Crippen LogP contribution in [0.2, 0.25) is 23.7 Å². The van der Waals surface area contributed by atoms with Crippen molar-refractivity contribution in [1.29, 1.82) is 0 Å². The molecule has 0 aromatic carbocycles. The fourth-order valence-electron chi connectivity index (χ4n) is 4.63. The molecule has 130 valence electrons. The Morgan fingerprint density at radius 1 is 1.12 bits per heavy atom. The van der Waals surface area contributed by atoms with Gasteiger partial charge in [-0.3, -0.25) is 6.08 Å². The molecule has 3 aliphatic carbocycles. The number of hydrogen-bond donors (Lipinski definition) is 0. The van der Waals surface area contributed by atoms with Crippen molar-refractivity contribution in [2.24, 2.45) is 11.8 Å². The van der Waals surface area contributed by atoms with E-state index in [4.69, 9.17) is 0 Å². The molecular weight excluding hydrogens is 387 g/mol. The van der Waals surface area contributed by atoms with Crippen LogP contribution >= 0.6 is 0 Å². The van der Waals surface area contributed by atoms with Crippen LogP contribution < -0.4 is 24.8 Å². The molecule has 2 fully saturated rings. The van der Waals surface area contributed by atoms with Crippen molar-refractivity contribution in [2.45, 2.75) is 56.3 Å². The summed E-state index contributed by atoms with van der Waals surface area (Å²) in [6.45, 7) is 2.39. The minimum atomic E-state index is -0.859. The maximum absolute atomic E-state index is 2.99. The largest absolute Gasteiger partial charge is 4.00 e. The Morgan fingerprint density at radius 2 is 1.88 bits per heavy atom. The number of rotatable bonds is 3. The molecule has 1 saturated heterocycles. The van der Waals surface area contributed by atoms with Crippen molar-refractivity contribution >= 4 is 8.07 Å². The Morgan fingerprint density at radius 3 is 2.38 bits per heavy atom. The first-order valence-electron chi connectivity index (χ1n) is 8.76. The van der Waals surface area contributed by atoms with Crippen molar-refractivity contribution in [1.82, 2.24) is 0 Å². The predicted molar refractivity (Wildman–Crippen MR) is 94.6 cm³/mol. The Hall–Kier alpha value is 0.471. The Balaban J connectivity index is 0.000000578.